The lowest BCUT2D eigenvalue weighted by Crippen LogP contribution is -2.22. The van der Waals surface area contributed by atoms with E-state index in [1.54, 1.807) is 24.3 Å². The molecule has 0 aliphatic heterocycles. The van der Waals surface area contributed by atoms with Gasteiger partial charge >= 0.3 is 0 Å². The smallest absolute Gasteiger partial charge is 0.256 e. The molecule has 0 atom stereocenters. The summed E-state index contributed by atoms with van der Waals surface area (Å²) in [5.41, 5.74) is -0.161. The summed E-state index contributed by atoms with van der Waals surface area (Å²) in [4.78, 5) is 25.8. The molecule has 0 unspecified atom stereocenters. The Balaban J connectivity index is 2.67. The summed E-state index contributed by atoms with van der Waals surface area (Å²) < 4.78 is 0.778. The maximum absolute atomic E-state index is 12.0. The third-order valence-corrected chi connectivity index (χ3v) is 3.55. The maximum atomic E-state index is 12.0. The molecule has 1 heterocycles. The molecule has 0 saturated heterocycles. The van der Waals surface area contributed by atoms with Gasteiger partial charge in [0.2, 0.25) is 0 Å². The first-order valence-electron chi connectivity index (χ1n) is 5.53. The predicted molar refractivity (Wildman–Crippen MR) is 74.1 cm³/mol. The van der Waals surface area contributed by atoms with Gasteiger partial charge in [0, 0.05) is 16.2 Å². The second-order valence-electron chi connectivity index (χ2n) is 4.17. The predicted octanol–water partition coefficient (Wildman–Crippen LogP) is 1.81. The number of halogens is 1. The van der Waals surface area contributed by atoms with E-state index in [0.29, 0.717) is 21.5 Å². The standard InChI is InChI=1S/C14H8BrNO3/c15-8-1-2-9-10(6-8)12-7(3-4-16-13(12)17)5-11(9)14(18)19/h1-6H,(H,16,17)(H,18,19)/p-1. The van der Waals surface area contributed by atoms with E-state index in [4.69, 9.17) is 0 Å². The number of aromatic carboxylic acids is 1. The van der Waals surface area contributed by atoms with Crippen LogP contribution in [0.3, 0.4) is 0 Å². The number of benzene rings is 2. The third-order valence-electron chi connectivity index (χ3n) is 3.05. The van der Waals surface area contributed by atoms with Crippen molar-refractivity contribution in [1.82, 2.24) is 4.98 Å². The molecule has 5 heteroatoms. The highest BCUT2D eigenvalue weighted by molar-refractivity contribution is 9.10. The molecule has 1 aromatic heterocycles. The van der Waals surface area contributed by atoms with E-state index in [-0.39, 0.29) is 11.1 Å². The molecule has 0 aliphatic rings. The average Bonchev–Trinajstić information content (AvgIpc) is 2.37. The molecule has 0 aliphatic carbocycles. The van der Waals surface area contributed by atoms with Crippen LogP contribution in [-0.2, 0) is 0 Å². The van der Waals surface area contributed by atoms with Gasteiger partial charge in [-0.3, -0.25) is 4.79 Å². The third kappa shape index (κ3) is 1.82. The molecule has 0 saturated carbocycles. The number of pyridine rings is 1. The van der Waals surface area contributed by atoms with E-state index >= 15 is 0 Å². The van der Waals surface area contributed by atoms with Crippen LogP contribution in [-0.4, -0.2) is 11.0 Å². The van der Waals surface area contributed by atoms with E-state index in [9.17, 15) is 14.7 Å². The zero-order chi connectivity index (χ0) is 13.6. The molecule has 0 bridgehead atoms. The second-order valence-corrected chi connectivity index (χ2v) is 5.09. The van der Waals surface area contributed by atoms with Crippen LogP contribution in [0.2, 0.25) is 0 Å². The highest BCUT2D eigenvalue weighted by atomic mass is 79.9. The van der Waals surface area contributed by atoms with Gasteiger partial charge in [0.25, 0.3) is 5.56 Å². The Labute approximate surface area is 115 Å². The highest BCUT2D eigenvalue weighted by Gasteiger charge is 2.10. The number of aromatic nitrogens is 1. The fraction of sp³-hybridized carbons (Fsp3) is 0. The van der Waals surface area contributed by atoms with Crippen LogP contribution in [0, 0.1) is 0 Å². The molecule has 4 nitrogen and oxygen atoms in total. The number of rotatable bonds is 1. The van der Waals surface area contributed by atoms with Gasteiger partial charge in [-0.2, -0.15) is 0 Å². The van der Waals surface area contributed by atoms with Crippen molar-refractivity contribution < 1.29 is 9.90 Å². The molecular weight excluding hydrogens is 310 g/mol. The van der Waals surface area contributed by atoms with Gasteiger partial charge in [0.05, 0.1) is 11.4 Å². The number of hydrogen-bond donors (Lipinski definition) is 1. The second kappa shape index (κ2) is 4.20. The molecule has 19 heavy (non-hydrogen) atoms. The first-order chi connectivity index (χ1) is 9.08. The zero-order valence-electron chi connectivity index (χ0n) is 9.57. The first kappa shape index (κ1) is 11.9. The lowest BCUT2D eigenvalue weighted by atomic mass is 9.98. The van der Waals surface area contributed by atoms with Crippen molar-refractivity contribution in [2.24, 2.45) is 0 Å². The average molecular weight is 317 g/mol. The molecule has 3 rings (SSSR count). The molecule has 0 spiro atoms. The first-order valence-corrected chi connectivity index (χ1v) is 6.32. The largest absolute Gasteiger partial charge is 0.545 e. The van der Waals surface area contributed by atoms with Crippen LogP contribution in [0.4, 0.5) is 0 Å². The summed E-state index contributed by atoms with van der Waals surface area (Å²) in [6.07, 6.45) is 1.49. The minimum absolute atomic E-state index is 0.0839. The molecule has 3 aromatic rings. The molecule has 0 radical (unpaired) electrons. The van der Waals surface area contributed by atoms with Gasteiger partial charge in [-0.25, -0.2) is 0 Å². The van der Waals surface area contributed by atoms with Gasteiger partial charge in [-0.15, -0.1) is 0 Å². The van der Waals surface area contributed by atoms with Gasteiger partial charge < -0.3 is 14.9 Å². The van der Waals surface area contributed by atoms with Crippen molar-refractivity contribution in [2.75, 3.05) is 0 Å². The van der Waals surface area contributed by atoms with Crippen molar-refractivity contribution in [1.29, 1.82) is 0 Å². The summed E-state index contributed by atoms with van der Waals surface area (Å²) in [7, 11) is 0. The molecule has 94 valence electrons. The summed E-state index contributed by atoms with van der Waals surface area (Å²) in [5, 5.41) is 13.4. The Morgan fingerprint density at radius 2 is 1.95 bits per heavy atom. The molecule has 0 fully saturated rings. The molecule has 0 amide bonds. The van der Waals surface area contributed by atoms with Gasteiger partial charge in [0.15, 0.2) is 0 Å². The number of aromatic amines is 1. The number of carbonyl (C=O) groups is 1. The minimum Gasteiger partial charge on any atom is -0.545 e. The van der Waals surface area contributed by atoms with Crippen LogP contribution < -0.4 is 10.7 Å². The Morgan fingerprint density at radius 3 is 2.68 bits per heavy atom. The van der Waals surface area contributed by atoms with Crippen LogP contribution >= 0.6 is 15.9 Å². The maximum Gasteiger partial charge on any atom is 0.256 e. The number of nitrogens with one attached hydrogen (secondary N) is 1. The van der Waals surface area contributed by atoms with E-state index in [2.05, 4.69) is 20.9 Å². The quantitative estimate of drug-likeness (QED) is 0.696. The van der Waals surface area contributed by atoms with E-state index in [1.165, 1.54) is 12.3 Å². The molecule has 1 N–H and O–H groups in total. The van der Waals surface area contributed by atoms with E-state index in [0.717, 1.165) is 4.47 Å². The Morgan fingerprint density at radius 1 is 1.16 bits per heavy atom. The summed E-state index contributed by atoms with van der Waals surface area (Å²) in [6, 6.07) is 8.27. The van der Waals surface area contributed by atoms with Crippen molar-refractivity contribution in [2.45, 2.75) is 0 Å². The number of carboxylic acids is 1. The van der Waals surface area contributed by atoms with Crippen molar-refractivity contribution >= 4 is 43.4 Å². The number of hydrogen-bond acceptors (Lipinski definition) is 3. The Bertz CT molecular complexity index is 883. The highest BCUT2D eigenvalue weighted by Crippen LogP contribution is 2.28. The Kier molecular flexibility index (Phi) is 2.64. The van der Waals surface area contributed by atoms with Crippen molar-refractivity contribution in [3.8, 4) is 0 Å². The monoisotopic (exact) mass is 316 g/mol. The van der Waals surface area contributed by atoms with Crippen molar-refractivity contribution in [3.05, 3.63) is 56.9 Å². The minimum atomic E-state index is -1.26. The normalized spacial score (nSPS) is 11.0. The van der Waals surface area contributed by atoms with Gasteiger partial charge in [-0.05, 0) is 40.4 Å². The van der Waals surface area contributed by atoms with Crippen molar-refractivity contribution in [3.63, 3.8) is 0 Å². The summed E-state index contributed by atoms with van der Waals surface area (Å²) in [6.45, 7) is 0. The number of carboxylic acid groups (broad SMARTS) is 1. The lowest BCUT2D eigenvalue weighted by molar-refractivity contribution is -0.254. The summed E-state index contributed by atoms with van der Waals surface area (Å²) >= 11 is 3.33. The Hall–Kier alpha value is -2.14. The van der Waals surface area contributed by atoms with Crippen LogP contribution in [0.1, 0.15) is 10.4 Å². The SMILES string of the molecule is O=C([O-])c1cc2cc[nH]c(=O)c2c2cc(Br)ccc12. The zero-order valence-corrected chi connectivity index (χ0v) is 11.2. The number of H-pyrrole nitrogens is 1. The fourth-order valence-corrected chi connectivity index (χ4v) is 2.61. The van der Waals surface area contributed by atoms with Gasteiger partial charge in [-0.1, -0.05) is 22.0 Å². The lowest BCUT2D eigenvalue weighted by Gasteiger charge is -2.11. The van der Waals surface area contributed by atoms with Crippen LogP contribution in [0.5, 0.6) is 0 Å². The summed E-state index contributed by atoms with van der Waals surface area (Å²) in [5.74, 6) is -1.26. The van der Waals surface area contributed by atoms with E-state index < -0.39 is 5.97 Å². The van der Waals surface area contributed by atoms with Crippen LogP contribution in [0.15, 0.2) is 45.8 Å². The fourth-order valence-electron chi connectivity index (χ4n) is 2.25. The molecule has 2 aromatic carbocycles. The topological polar surface area (TPSA) is 73.0 Å². The van der Waals surface area contributed by atoms with E-state index in [1.807, 2.05) is 0 Å². The number of carbonyl (C=O) groups excluding carboxylic acids is 1. The molecular formula is C14H7BrNO3-. The van der Waals surface area contributed by atoms with Gasteiger partial charge in [0.1, 0.15) is 0 Å². The van der Waals surface area contributed by atoms with Crippen LogP contribution in [0.25, 0.3) is 21.5 Å². The number of fused-ring (bicyclic) bond motifs is 3.